The van der Waals surface area contributed by atoms with Gasteiger partial charge in [0.25, 0.3) is 11.6 Å². The van der Waals surface area contributed by atoms with Crippen LogP contribution in [0.4, 0.5) is 11.4 Å². The molecule has 1 amide bonds. The zero-order chi connectivity index (χ0) is 20.4. The summed E-state index contributed by atoms with van der Waals surface area (Å²) < 4.78 is 5.15. The Bertz CT molecular complexity index is 1200. The van der Waals surface area contributed by atoms with E-state index in [0.29, 0.717) is 22.3 Å². The molecule has 0 aliphatic heterocycles. The highest BCUT2D eigenvalue weighted by Gasteiger charge is 2.11. The molecule has 1 N–H and O–H groups in total. The summed E-state index contributed by atoms with van der Waals surface area (Å²) in [5.41, 5.74) is 2.85. The number of benzene rings is 3. The summed E-state index contributed by atoms with van der Waals surface area (Å²) in [5, 5.41) is 22.4. The number of hydrogen-bond donors (Lipinski definition) is 1. The first-order valence-electron chi connectivity index (χ1n) is 8.61. The molecule has 9 nitrogen and oxygen atoms in total. The van der Waals surface area contributed by atoms with E-state index in [2.05, 4.69) is 15.5 Å². The molecule has 4 aromatic rings. The largest absolute Gasteiger partial charge is 0.497 e. The fourth-order valence-electron chi connectivity index (χ4n) is 2.76. The van der Waals surface area contributed by atoms with Crippen molar-refractivity contribution < 1.29 is 14.5 Å². The Morgan fingerprint density at radius 3 is 2.34 bits per heavy atom. The maximum atomic E-state index is 12.4. The second-order valence-corrected chi connectivity index (χ2v) is 6.15. The van der Waals surface area contributed by atoms with Gasteiger partial charge in [0.1, 0.15) is 16.8 Å². The normalized spacial score (nSPS) is 10.7. The first-order valence-corrected chi connectivity index (χ1v) is 8.61. The second-order valence-electron chi connectivity index (χ2n) is 6.15. The molecule has 0 fully saturated rings. The average Bonchev–Trinajstić information content (AvgIpc) is 3.17. The van der Waals surface area contributed by atoms with Crippen LogP contribution in [-0.2, 0) is 0 Å². The van der Waals surface area contributed by atoms with Crippen LogP contribution in [0.2, 0.25) is 0 Å². The van der Waals surface area contributed by atoms with Crippen LogP contribution in [0.1, 0.15) is 10.4 Å². The van der Waals surface area contributed by atoms with Crippen LogP contribution < -0.4 is 10.1 Å². The summed E-state index contributed by atoms with van der Waals surface area (Å²) in [6.45, 7) is 0. The van der Waals surface area contributed by atoms with Crippen molar-refractivity contribution in [3.63, 3.8) is 0 Å². The smallest absolute Gasteiger partial charge is 0.269 e. The van der Waals surface area contributed by atoms with E-state index >= 15 is 0 Å². The lowest BCUT2D eigenvalue weighted by Gasteiger charge is -2.04. The number of nitro groups is 1. The van der Waals surface area contributed by atoms with Gasteiger partial charge in [-0.2, -0.15) is 4.80 Å². The lowest BCUT2D eigenvalue weighted by atomic mass is 10.2. The number of hydrogen-bond acceptors (Lipinski definition) is 6. The van der Waals surface area contributed by atoms with Crippen LogP contribution in [-0.4, -0.2) is 32.9 Å². The van der Waals surface area contributed by atoms with Gasteiger partial charge in [-0.1, -0.05) is 0 Å². The van der Waals surface area contributed by atoms with Gasteiger partial charge in [-0.15, -0.1) is 10.2 Å². The first kappa shape index (κ1) is 18.1. The van der Waals surface area contributed by atoms with Gasteiger partial charge in [0.05, 0.1) is 17.7 Å². The zero-order valence-electron chi connectivity index (χ0n) is 15.3. The van der Waals surface area contributed by atoms with Gasteiger partial charge >= 0.3 is 0 Å². The third-order valence-electron chi connectivity index (χ3n) is 4.28. The number of nitrogens with zero attached hydrogens (tertiary/aromatic N) is 4. The van der Waals surface area contributed by atoms with Crippen molar-refractivity contribution >= 4 is 28.3 Å². The van der Waals surface area contributed by atoms with E-state index in [9.17, 15) is 14.9 Å². The number of ether oxygens (including phenoxy) is 1. The molecule has 0 saturated heterocycles. The standard InChI is InChI=1S/C20H15N5O4/c1-29-17-9-7-15(8-10-17)24-22-18-11-4-14(12-19(18)23-24)21-20(26)13-2-5-16(6-3-13)25(27)28/h2-12H,1H3,(H,21,26). The third kappa shape index (κ3) is 3.74. The van der Waals surface area contributed by atoms with Crippen molar-refractivity contribution in [2.45, 2.75) is 0 Å². The van der Waals surface area contributed by atoms with Gasteiger partial charge in [0.15, 0.2) is 0 Å². The van der Waals surface area contributed by atoms with Gasteiger partial charge in [0, 0.05) is 23.4 Å². The molecule has 1 aromatic heterocycles. The number of methoxy groups -OCH3 is 1. The molecule has 0 unspecified atom stereocenters. The molecule has 0 bridgehead atoms. The fraction of sp³-hybridized carbons (Fsp3) is 0.0500. The van der Waals surface area contributed by atoms with Crippen molar-refractivity contribution in [1.29, 1.82) is 0 Å². The van der Waals surface area contributed by atoms with Crippen LogP contribution in [0.15, 0.2) is 66.7 Å². The number of carbonyl (C=O) groups is 1. The van der Waals surface area contributed by atoms with Gasteiger partial charge < -0.3 is 10.1 Å². The Hall–Kier alpha value is -4.27. The Balaban J connectivity index is 1.55. The highest BCUT2D eigenvalue weighted by Crippen LogP contribution is 2.20. The van der Waals surface area contributed by atoms with E-state index in [-0.39, 0.29) is 11.6 Å². The number of aromatic nitrogens is 3. The summed E-state index contributed by atoms with van der Waals surface area (Å²) in [5.74, 6) is 0.364. The second kappa shape index (κ2) is 7.39. The van der Waals surface area contributed by atoms with Crippen LogP contribution in [0, 0.1) is 10.1 Å². The quantitative estimate of drug-likeness (QED) is 0.412. The fourth-order valence-corrected chi connectivity index (χ4v) is 2.76. The molecular weight excluding hydrogens is 374 g/mol. The minimum Gasteiger partial charge on any atom is -0.497 e. The Morgan fingerprint density at radius 2 is 1.69 bits per heavy atom. The monoisotopic (exact) mass is 389 g/mol. The highest BCUT2D eigenvalue weighted by molar-refractivity contribution is 6.05. The molecule has 0 aliphatic rings. The van der Waals surface area contributed by atoms with E-state index in [1.807, 2.05) is 24.3 Å². The number of rotatable bonds is 5. The predicted molar refractivity (Wildman–Crippen MR) is 106 cm³/mol. The van der Waals surface area contributed by atoms with E-state index < -0.39 is 4.92 Å². The highest BCUT2D eigenvalue weighted by atomic mass is 16.6. The number of carbonyl (C=O) groups excluding carboxylic acids is 1. The number of non-ortho nitro benzene ring substituents is 1. The number of nitro benzene ring substituents is 1. The number of amides is 1. The summed E-state index contributed by atoms with van der Waals surface area (Å²) in [7, 11) is 1.60. The topological polar surface area (TPSA) is 112 Å². The summed E-state index contributed by atoms with van der Waals surface area (Å²) in [6, 6.07) is 17.9. The molecule has 3 aromatic carbocycles. The summed E-state index contributed by atoms with van der Waals surface area (Å²) in [6.07, 6.45) is 0. The van der Waals surface area contributed by atoms with Crippen molar-refractivity contribution in [3.05, 3.63) is 82.4 Å². The van der Waals surface area contributed by atoms with Gasteiger partial charge in [-0.25, -0.2) is 0 Å². The lowest BCUT2D eigenvalue weighted by molar-refractivity contribution is -0.384. The maximum Gasteiger partial charge on any atom is 0.269 e. The lowest BCUT2D eigenvalue weighted by Crippen LogP contribution is -2.11. The minimum absolute atomic E-state index is 0.0712. The molecule has 4 rings (SSSR count). The molecule has 29 heavy (non-hydrogen) atoms. The molecule has 0 aliphatic carbocycles. The van der Waals surface area contributed by atoms with Gasteiger partial charge in [-0.3, -0.25) is 14.9 Å². The van der Waals surface area contributed by atoms with E-state index in [0.717, 1.165) is 11.4 Å². The van der Waals surface area contributed by atoms with Gasteiger partial charge in [-0.05, 0) is 54.6 Å². The van der Waals surface area contributed by atoms with Crippen LogP contribution in [0.3, 0.4) is 0 Å². The Kier molecular flexibility index (Phi) is 4.62. The molecular formula is C20H15N5O4. The van der Waals surface area contributed by atoms with Crippen molar-refractivity contribution in [2.75, 3.05) is 12.4 Å². The molecule has 0 radical (unpaired) electrons. The van der Waals surface area contributed by atoms with Gasteiger partial charge in [0.2, 0.25) is 0 Å². The number of fused-ring (bicyclic) bond motifs is 1. The first-order chi connectivity index (χ1) is 14.0. The molecule has 0 atom stereocenters. The van der Waals surface area contributed by atoms with Crippen LogP contribution >= 0.6 is 0 Å². The number of anilines is 1. The predicted octanol–water partition coefficient (Wildman–Crippen LogP) is 3.59. The SMILES string of the molecule is COc1ccc(-n2nc3ccc(NC(=O)c4ccc([N+](=O)[O-])cc4)cc3n2)cc1. The molecule has 0 saturated carbocycles. The third-order valence-corrected chi connectivity index (χ3v) is 4.28. The Labute approximate surface area is 164 Å². The summed E-state index contributed by atoms with van der Waals surface area (Å²) in [4.78, 5) is 24.1. The number of nitrogens with one attached hydrogen (secondary N) is 1. The average molecular weight is 389 g/mol. The van der Waals surface area contributed by atoms with Crippen LogP contribution in [0.5, 0.6) is 5.75 Å². The van der Waals surface area contributed by atoms with Crippen LogP contribution in [0.25, 0.3) is 16.7 Å². The molecule has 9 heteroatoms. The Morgan fingerprint density at radius 1 is 1.00 bits per heavy atom. The van der Waals surface area contributed by atoms with E-state index in [4.69, 9.17) is 4.74 Å². The van der Waals surface area contributed by atoms with E-state index in [1.54, 1.807) is 25.3 Å². The van der Waals surface area contributed by atoms with Crippen molar-refractivity contribution in [2.24, 2.45) is 0 Å². The summed E-state index contributed by atoms with van der Waals surface area (Å²) >= 11 is 0. The molecule has 1 heterocycles. The van der Waals surface area contributed by atoms with Crippen molar-refractivity contribution in [3.8, 4) is 11.4 Å². The molecule has 144 valence electrons. The van der Waals surface area contributed by atoms with E-state index in [1.165, 1.54) is 29.1 Å². The molecule has 0 spiro atoms. The maximum absolute atomic E-state index is 12.4. The zero-order valence-corrected chi connectivity index (χ0v) is 15.3. The van der Waals surface area contributed by atoms with Crippen molar-refractivity contribution in [1.82, 2.24) is 15.0 Å². The minimum atomic E-state index is -0.512.